The third-order valence-electron chi connectivity index (χ3n) is 3.33. The second-order valence-electron chi connectivity index (χ2n) is 5.46. The summed E-state index contributed by atoms with van der Waals surface area (Å²) < 4.78 is 5.60. The molecule has 0 rings (SSSR count). The Balaban J connectivity index is 4.51. The Labute approximate surface area is 89.5 Å². The Bertz CT molecular complexity index is 180. The van der Waals surface area contributed by atoms with Crippen LogP contribution in [0.3, 0.4) is 0 Å². The highest BCUT2D eigenvalue weighted by molar-refractivity contribution is 4.92. The monoisotopic (exact) mass is 198 g/mol. The minimum Gasteiger partial charge on any atom is -0.381 e. The van der Waals surface area contributed by atoms with E-state index in [0.717, 1.165) is 12.8 Å². The summed E-state index contributed by atoms with van der Waals surface area (Å²) in [5, 5.41) is 0. The van der Waals surface area contributed by atoms with Gasteiger partial charge in [0.15, 0.2) is 0 Å². The molecule has 1 nitrogen and oxygen atoms in total. The average Bonchev–Trinajstić information content (AvgIpc) is 2.14. The summed E-state index contributed by atoms with van der Waals surface area (Å²) >= 11 is 0. The van der Waals surface area contributed by atoms with E-state index < -0.39 is 0 Å². The maximum atomic E-state index is 5.60. The lowest BCUT2D eigenvalue weighted by atomic mass is 9.75. The maximum absolute atomic E-state index is 5.60. The second-order valence-corrected chi connectivity index (χ2v) is 5.46. The Morgan fingerprint density at radius 3 is 2.07 bits per heavy atom. The minimum absolute atomic E-state index is 0.160. The van der Waals surface area contributed by atoms with Crippen molar-refractivity contribution in [2.45, 2.75) is 53.6 Å². The van der Waals surface area contributed by atoms with Crippen LogP contribution in [-0.2, 0) is 4.74 Å². The van der Waals surface area contributed by atoms with Crippen LogP contribution in [0.5, 0.6) is 0 Å². The third kappa shape index (κ3) is 3.83. The summed E-state index contributed by atoms with van der Waals surface area (Å²) in [7, 11) is 1.81. The molecule has 0 N–H and O–H groups in total. The molecule has 0 aromatic rings. The van der Waals surface area contributed by atoms with Crippen molar-refractivity contribution in [3.8, 4) is 0 Å². The molecule has 0 aliphatic heterocycles. The molecule has 14 heavy (non-hydrogen) atoms. The van der Waals surface area contributed by atoms with Crippen molar-refractivity contribution in [1.82, 2.24) is 0 Å². The Hall–Kier alpha value is -0.300. The summed E-state index contributed by atoms with van der Waals surface area (Å²) in [6.45, 7) is 15.0. The molecule has 0 aliphatic carbocycles. The van der Waals surface area contributed by atoms with E-state index in [4.69, 9.17) is 4.74 Å². The fourth-order valence-electron chi connectivity index (χ4n) is 1.47. The van der Waals surface area contributed by atoms with Crippen molar-refractivity contribution in [3.63, 3.8) is 0 Å². The molecular weight excluding hydrogens is 172 g/mol. The van der Waals surface area contributed by atoms with E-state index in [0.29, 0.717) is 6.10 Å². The molecule has 0 saturated carbocycles. The van der Waals surface area contributed by atoms with Crippen LogP contribution in [0.4, 0.5) is 0 Å². The second kappa shape index (κ2) is 4.97. The summed E-state index contributed by atoms with van der Waals surface area (Å²) in [5.41, 5.74) is 0.405. The minimum atomic E-state index is 0.160. The summed E-state index contributed by atoms with van der Waals surface area (Å²) in [6.07, 6.45) is 4.50. The normalized spacial score (nSPS) is 15.3. The van der Waals surface area contributed by atoms with Gasteiger partial charge in [-0.15, -0.1) is 6.58 Å². The first-order valence-corrected chi connectivity index (χ1v) is 5.45. The number of allylic oxidation sites excluding steroid dienone is 1. The molecule has 0 aliphatic rings. The van der Waals surface area contributed by atoms with Crippen LogP contribution in [0.2, 0.25) is 0 Å². The van der Waals surface area contributed by atoms with Crippen LogP contribution in [0.1, 0.15) is 47.5 Å². The molecule has 0 saturated heterocycles. The lowest BCUT2D eigenvalue weighted by Crippen LogP contribution is -2.34. The molecule has 1 unspecified atom stereocenters. The first-order valence-electron chi connectivity index (χ1n) is 5.45. The molecule has 0 radical (unpaired) electrons. The van der Waals surface area contributed by atoms with Crippen LogP contribution in [0, 0.1) is 10.8 Å². The maximum Gasteiger partial charge on any atom is 0.0630 e. The van der Waals surface area contributed by atoms with Gasteiger partial charge in [0.05, 0.1) is 6.10 Å². The van der Waals surface area contributed by atoms with Crippen LogP contribution in [0.25, 0.3) is 0 Å². The molecule has 0 aromatic carbocycles. The van der Waals surface area contributed by atoms with Crippen molar-refractivity contribution < 1.29 is 4.74 Å². The van der Waals surface area contributed by atoms with E-state index in [1.165, 1.54) is 0 Å². The predicted molar refractivity (Wildman–Crippen MR) is 63.5 cm³/mol. The number of hydrogen-bond donors (Lipinski definition) is 0. The number of rotatable bonds is 6. The Morgan fingerprint density at radius 1 is 1.29 bits per heavy atom. The molecule has 0 amide bonds. The van der Waals surface area contributed by atoms with Crippen LogP contribution in [0.15, 0.2) is 12.7 Å². The molecule has 0 fully saturated rings. The average molecular weight is 198 g/mol. The van der Waals surface area contributed by atoms with Gasteiger partial charge in [-0.05, 0) is 23.7 Å². The zero-order valence-corrected chi connectivity index (χ0v) is 10.7. The SMILES string of the molecule is C=CC(C)(C)CC(OC)C(C)(C)CC. The fraction of sp³-hybridized carbons (Fsp3) is 0.846. The highest BCUT2D eigenvalue weighted by Crippen LogP contribution is 2.35. The van der Waals surface area contributed by atoms with Crippen molar-refractivity contribution in [2.24, 2.45) is 10.8 Å². The number of methoxy groups -OCH3 is 1. The van der Waals surface area contributed by atoms with Crippen molar-refractivity contribution in [2.75, 3.05) is 7.11 Å². The zero-order valence-electron chi connectivity index (χ0n) is 10.7. The van der Waals surface area contributed by atoms with Crippen LogP contribution >= 0.6 is 0 Å². The summed E-state index contributed by atoms with van der Waals surface area (Å²) in [5.74, 6) is 0. The molecule has 0 aromatic heterocycles. The van der Waals surface area contributed by atoms with Gasteiger partial charge < -0.3 is 4.74 Å². The van der Waals surface area contributed by atoms with Gasteiger partial charge in [0, 0.05) is 7.11 Å². The third-order valence-corrected chi connectivity index (χ3v) is 3.33. The van der Waals surface area contributed by atoms with E-state index in [-0.39, 0.29) is 10.8 Å². The van der Waals surface area contributed by atoms with E-state index in [1.54, 1.807) is 7.11 Å². The topological polar surface area (TPSA) is 9.23 Å². The lowest BCUT2D eigenvalue weighted by molar-refractivity contribution is -0.0171. The summed E-state index contributed by atoms with van der Waals surface area (Å²) in [6, 6.07) is 0. The van der Waals surface area contributed by atoms with Gasteiger partial charge in [-0.25, -0.2) is 0 Å². The fourth-order valence-corrected chi connectivity index (χ4v) is 1.47. The van der Waals surface area contributed by atoms with E-state index >= 15 is 0 Å². The lowest BCUT2D eigenvalue weighted by Gasteiger charge is -2.36. The van der Waals surface area contributed by atoms with Crippen LogP contribution < -0.4 is 0 Å². The van der Waals surface area contributed by atoms with E-state index in [2.05, 4.69) is 41.2 Å². The molecule has 1 heteroatoms. The van der Waals surface area contributed by atoms with Gasteiger partial charge in [-0.3, -0.25) is 0 Å². The number of hydrogen-bond acceptors (Lipinski definition) is 1. The van der Waals surface area contributed by atoms with Crippen LogP contribution in [-0.4, -0.2) is 13.2 Å². The molecule has 0 heterocycles. The van der Waals surface area contributed by atoms with Gasteiger partial charge in [0.2, 0.25) is 0 Å². The standard InChI is InChI=1S/C13H26O/c1-8-12(3,4)10-11(14-7)13(5,6)9-2/h8,11H,1,9-10H2,2-7H3. The first kappa shape index (κ1) is 13.7. The van der Waals surface area contributed by atoms with Crippen molar-refractivity contribution >= 4 is 0 Å². The molecule has 1 atom stereocenters. The number of ether oxygens (including phenoxy) is 1. The quantitative estimate of drug-likeness (QED) is 0.585. The first-order chi connectivity index (χ1) is 6.29. The Kier molecular flexibility index (Phi) is 4.87. The van der Waals surface area contributed by atoms with Crippen molar-refractivity contribution in [3.05, 3.63) is 12.7 Å². The van der Waals surface area contributed by atoms with E-state index in [9.17, 15) is 0 Å². The molecule has 0 bridgehead atoms. The van der Waals surface area contributed by atoms with E-state index in [1.807, 2.05) is 6.08 Å². The molecule has 0 spiro atoms. The van der Waals surface area contributed by atoms with Gasteiger partial charge in [-0.1, -0.05) is 40.7 Å². The highest BCUT2D eigenvalue weighted by Gasteiger charge is 2.31. The van der Waals surface area contributed by atoms with Gasteiger partial charge in [0.25, 0.3) is 0 Å². The predicted octanol–water partition coefficient (Wildman–Crippen LogP) is 4.04. The summed E-state index contributed by atoms with van der Waals surface area (Å²) in [4.78, 5) is 0. The van der Waals surface area contributed by atoms with Gasteiger partial charge >= 0.3 is 0 Å². The zero-order chi connectivity index (χ0) is 11.4. The van der Waals surface area contributed by atoms with Crippen molar-refractivity contribution in [1.29, 1.82) is 0 Å². The van der Waals surface area contributed by atoms with Gasteiger partial charge in [-0.2, -0.15) is 0 Å². The Morgan fingerprint density at radius 2 is 1.79 bits per heavy atom. The molecular formula is C13H26O. The smallest absolute Gasteiger partial charge is 0.0630 e. The molecule has 84 valence electrons. The highest BCUT2D eigenvalue weighted by atomic mass is 16.5. The van der Waals surface area contributed by atoms with Gasteiger partial charge in [0.1, 0.15) is 0 Å². The largest absolute Gasteiger partial charge is 0.381 e.